The molecule has 2 aliphatic rings. The molecule has 0 aliphatic carbocycles. The number of nitrogens with one attached hydrogen (secondary N) is 1. The molecule has 4 N–H and O–H groups in total. The molecule has 2 rings (SSSR count). The van der Waals surface area contributed by atoms with Gasteiger partial charge in [0.2, 0.25) is 5.91 Å². The smallest absolute Gasteiger partial charge is 0.326 e. The van der Waals surface area contributed by atoms with E-state index in [0.29, 0.717) is 0 Å². The summed E-state index contributed by atoms with van der Waals surface area (Å²) >= 11 is 0. The molecule has 0 aromatic heterocycles. The summed E-state index contributed by atoms with van der Waals surface area (Å²) in [7, 11) is 0. The molecule has 2 aliphatic heterocycles. The van der Waals surface area contributed by atoms with Crippen molar-refractivity contribution in [1.29, 1.82) is 0 Å². The van der Waals surface area contributed by atoms with Crippen LogP contribution in [-0.4, -0.2) is 69.8 Å². The van der Waals surface area contributed by atoms with Gasteiger partial charge in [-0.25, -0.2) is 4.79 Å². The number of aliphatic hydroxyl groups excluding tert-OH is 3. The second-order valence-corrected chi connectivity index (χ2v) is 4.58. The fraction of sp³-hybridized carbons (Fsp3) is 0.800. The Morgan fingerprint density at radius 2 is 2.06 bits per heavy atom. The van der Waals surface area contributed by atoms with Crippen LogP contribution in [-0.2, 0) is 9.53 Å². The van der Waals surface area contributed by atoms with Gasteiger partial charge in [0.15, 0.2) is 6.23 Å². The number of urea groups is 1. The predicted molar refractivity (Wildman–Crippen MR) is 57.2 cm³/mol. The average molecular weight is 260 g/mol. The van der Waals surface area contributed by atoms with Crippen molar-refractivity contribution in [3.05, 3.63) is 0 Å². The van der Waals surface area contributed by atoms with Crippen LogP contribution < -0.4 is 5.32 Å². The fourth-order valence-electron chi connectivity index (χ4n) is 2.12. The van der Waals surface area contributed by atoms with E-state index in [4.69, 9.17) is 9.84 Å². The molecule has 0 radical (unpaired) electrons. The van der Waals surface area contributed by atoms with Crippen LogP contribution in [0.5, 0.6) is 0 Å². The second-order valence-electron chi connectivity index (χ2n) is 4.58. The number of imide groups is 1. The van der Waals surface area contributed by atoms with Gasteiger partial charge in [-0.2, -0.15) is 0 Å². The molecule has 0 aromatic rings. The lowest BCUT2D eigenvalue weighted by Gasteiger charge is -2.35. The number of carbonyl (C=O) groups is 2. The lowest BCUT2D eigenvalue weighted by molar-refractivity contribution is -0.130. The normalized spacial score (nSPS) is 41.1. The second kappa shape index (κ2) is 4.81. The molecule has 102 valence electrons. The van der Waals surface area contributed by atoms with Gasteiger partial charge in [0, 0.05) is 6.54 Å². The predicted octanol–water partition coefficient (Wildman–Crippen LogP) is -2.39. The van der Waals surface area contributed by atoms with Crippen molar-refractivity contribution in [1.82, 2.24) is 10.2 Å². The maximum absolute atomic E-state index is 11.6. The molecule has 2 saturated heterocycles. The molecule has 2 heterocycles. The first-order valence-electron chi connectivity index (χ1n) is 5.69. The zero-order valence-electron chi connectivity index (χ0n) is 9.81. The maximum Gasteiger partial charge on any atom is 0.326 e. The monoisotopic (exact) mass is 260 g/mol. The highest BCUT2D eigenvalue weighted by Crippen LogP contribution is 2.25. The Labute approximate surface area is 103 Å². The van der Waals surface area contributed by atoms with Crippen molar-refractivity contribution in [2.24, 2.45) is 5.92 Å². The topological polar surface area (TPSA) is 119 Å². The van der Waals surface area contributed by atoms with Crippen LogP contribution in [0, 0.1) is 5.92 Å². The number of nitrogens with zero attached hydrogens (tertiary/aromatic N) is 1. The fourth-order valence-corrected chi connectivity index (χ4v) is 2.12. The average Bonchev–Trinajstić information content (AvgIpc) is 2.61. The van der Waals surface area contributed by atoms with Gasteiger partial charge in [0.1, 0.15) is 18.3 Å². The minimum absolute atomic E-state index is 0.0945. The van der Waals surface area contributed by atoms with E-state index < -0.39 is 43.1 Å². The largest absolute Gasteiger partial charge is 0.394 e. The van der Waals surface area contributed by atoms with E-state index in [2.05, 4.69) is 5.32 Å². The highest BCUT2D eigenvalue weighted by molar-refractivity contribution is 5.97. The minimum atomic E-state index is -1.31. The van der Waals surface area contributed by atoms with Crippen LogP contribution in [0.1, 0.15) is 6.92 Å². The maximum atomic E-state index is 11.6. The van der Waals surface area contributed by atoms with Gasteiger partial charge in [-0.1, -0.05) is 6.92 Å². The van der Waals surface area contributed by atoms with Crippen molar-refractivity contribution in [2.45, 2.75) is 31.5 Å². The number of amides is 3. The van der Waals surface area contributed by atoms with Crippen LogP contribution in [0.2, 0.25) is 0 Å². The van der Waals surface area contributed by atoms with Crippen molar-refractivity contribution in [3.8, 4) is 0 Å². The number of ether oxygens (including phenoxy) is 1. The summed E-state index contributed by atoms with van der Waals surface area (Å²) < 4.78 is 5.23. The third-order valence-electron chi connectivity index (χ3n) is 3.23. The molecule has 5 atom stereocenters. The Morgan fingerprint density at radius 1 is 1.39 bits per heavy atom. The van der Waals surface area contributed by atoms with Gasteiger partial charge in [-0.3, -0.25) is 15.0 Å². The molecule has 0 aromatic carbocycles. The lowest BCUT2D eigenvalue weighted by Crippen LogP contribution is -2.59. The summed E-state index contributed by atoms with van der Waals surface area (Å²) in [5.41, 5.74) is 0. The first kappa shape index (κ1) is 13.2. The van der Waals surface area contributed by atoms with Gasteiger partial charge >= 0.3 is 6.03 Å². The van der Waals surface area contributed by atoms with Gasteiger partial charge in [0.05, 0.1) is 12.5 Å². The number of rotatable bonds is 2. The van der Waals surface area contributed by atoms with E-state index in [-0.39, 0.29) is 12.5 Å². The Balaban J connectivity index is 2.12. The van der Waals surface area contributed by atoms with Crippen molar-refractivity contribution < 1.29 is 29.6 Å². The first-order valence-corrected chi connectivity index (χ1v) is 5.69. The number of carbonyl (C=O) groups excluding carboxylic acids is 2. The molecule has 0 spiro atoms. The third kappa shape index (κ3) is 2.07. The molecule has 8 heteroatoms. The summed E-state index contributed by atoms with van der Waals surface area (Å²) in [6.45, 7) is 1.27. The summed E-state index contributed by atoms with van der Waals surface area (Å²) in [6, 6.07) is -0.673. The Kier molecular flexibility index (Phi) is 3.53. The quantitative estimate of drug-likeness (QED) is 0.440. The Bertz CT molecular complexity index is 362. The van der Waals surface area contributed by atoms with Gasteiger partial charge in [-0.15, -0.1) is 0 Å². The Morgan fingerprint density at radius 3 is 2.61 bits per heavy atom. The van der Waals surface area contributed by atoms with Crippen LogP contribution >= 0.6 is 0 Å². The van der Waals surface area contributed by atoms with Crippen LogP contribution in [0.4, 0.5) is 4.79 Å². The molecule has 0 saturated carbocycles. The molecule has 5 unspecified atom stereocenters. The summed E-state index contributed by atoms with van der Waals surface area (Å²) in [6.07, 6.45) is -4.58. The minimum Gasteiger partial charge on any atom is -0.394 e. The van der Waals surface area contributed by atoms with Gasteiger partial charge in [0.25, 0.3) is 0 Å². The van der Waals surface area contributed by atoms with E-state index in [1.807, 2.05) is 0 Å². The molecule has 18 heavy (non-hydrogen) atoms. The van der Waals surface area contributed by atoms with Gasteiger partial charge in [-0.05, 0) is 0 Å². The number of hydrogen-bond donors (Lipinski definition) is 4. The first-order chi connectivity index (χ1) is 8.45. The van der Waals surface area contributed by atoms with Crippen LogP contribution in [0.15, 0.2) is 0 Å². The standard InChI is InChI=1S/C10H16N2O6/c1-4-2-12(10(17)11-8(4)16)9-7(15)6(14)5(3-13)18-9/h4-7,9,13-15H,2-3H2,1H3,(H,11,16,17). The summed E-state index contributed by atoms with van der Waals surface area (Å²) in [5, 5.41) is 30.5. The number of hydrogen-bond acceptors (Lipinski definition) is 6. The van der Waals surface area contributed by atoms with E-state index in [9.17, 15) is 19.8 Å². The summed E-state index contributed by atoms with van der Waals surface area (Å²) in [4.78, 5) is 24.1. The zero-order valence-corrected chi connectivity index (χ0v) is 9.81. The van der Waals surface area contributed by atoms with E-state index in [1.54, 1.807) is 6.92 Å². The summed E-state index contributed by atoms with van der Waals surface area (Å²) in [5.74, 6) is -0.813. The molecule has 8 nitrogen and oxygen atoms in total. The van der Waals surface area contributed by atoms with Gasteiger partial charge < -0.3 is 20.1 Å². The molecule has 2 fully saturated rings. The third-order valence-corrected chi connectivity index (χ3v) is 3.23. The van der Waals surface area contributed by atoms with Crippen molar-refractivity contribution in [3.63, 3.8) is 0 Å². The van der Waals surface area contributed by atoms with E-state index >= 15 is 0 Å². The van der Waals surface area contributed by atoms with E-state index in [0.717, 1.165) is 4.90 Å². The molecular formula is C10H16N2O6. The molecule has 0 bridgehead atoms. The van der Waals surface area contributed by atoms with Crippen molar-refractivity contribution >= 4 is 11.9 Å². The zero-order chi connectivity index (χ0) is 13.4. The lowest BCUT2D eigenvalue weighted by atomic mass is 10.1. The molecular weight excluding hydrogens is 244 g/mol. The molecule has 3 amide bonds. The Hall–Kier alpha value is -1.22. The van der Waals surface area contributed by atoms with Crippen molar-refractivity contribution in [2.75, 3.05) is 13.2 Å². The van der Waals surface area contributed by atoms with E-state index in [1.165, 1.54) is 0 Å². The highest BCUT2D eigenvalue weighted by atomic mass is 16.6. The number of aliphatic hydroxyl groups is 3. The van der Waals surface area contributed by atoms with Crippen LogP contribution in [0.25, 0.3) is 0 Å². The highest BCUT2D eigenvalue weighted by Gasteiger charge is 2.48. The van der Waals surface area contributed by atoms with Crippen LogP contribution in [0.3, 0.4) is 0 Å². The SMILES string of the molecule is CC1CN(C2OC(CO)C(O)C2O)C(=O)NC1=O.